The fourth-order valence-electron chi connectivity index (χ4n) is 1.89. The molecule has 0 aromatic carbocycles. The maximum Gasteiger partial charge on any atom is 0.193 e. The van der Waals surface area contributed by atoms with Crippen molar-refractivity contribution >= 4 is 17.3 Å². The van der Waals surface area contributed by atoms with E-state index < -0.39 is 0 Å². The van der Waals surface area contributed by atoms with E-state index in [1.54, 1.807) is 18.4 Å². The molecular weight excluding hydrogens is 272 g/mol. The molecule has 0 radical (unpaired) electrons. The number of aromatic nitrogens is 1. The molecule has 0 saturated heterocycles. The highest BCUT2D eigenvalue weighted by molar-refractivity contribution is 7.09. The van der Waals surface area contributed by atoms with Crippen LogP contribution in [0.4, 0.5) is 0 Å². The number of nitrogens with zero attached hydrogens (tertiary/aromatic N) is 3. The second kappa shape index (κ2) is 7.09. The van der Waals surface area contributed by atoms with Crippen molar-refractivity contribution in [2.45, 2.75) is 19.9 Å². The van der Waals surface area contributed by atoms with Gasteiger partial charge in [0.1, 0.15) is 0 Å². The number of guanidine groups is 1. The first-order valence-electron chi connectivity index (χ1n) is 6.55. The quantitative estimate of drug-likeness (QED) is 0.678. The Labute approximate surface area is 123 Å². The third kappa shape index (κ3) is 4.09. The van der Waals surface area contributed by atoms with Gasteiger partial charge in [-0.3, -0.25) is 4.99 Å². The number of thiophene rings is 1. The summed E-state index contributed by atoms with van der Waals surface area (Å²) in [6.45, 7) is 3.43. The van der Waals surface area contributed by atoms with Crippen LogP contribution in [0.15, 0.2) is 33.1 Å². The van der Waals surface area contributed by atoms with Crippen LogP contribution in [-0.4, -0.2) is 36.7 Å². The van der Waals surface area contributed by atoms with E-state index in [1.807, 2.05) is 20.0 Å². The summed E-state index contributed by atoms with van der Waals surface area (Å²) in [6, 6.07) is 6.16. The first-order chi connectivity index (χ1) is 9.69. The molecule has 0 bridgehead atoms. The van der Waals surface area contributed by atoms with Crippen molar-refractivity contribution < 1.29 is 4.52 Å². The van der Waals surface area contributed by atoms with Crippen LogP contribution < -0.4 is 5.32 Å². The SMILES string of the molecule is CN=C(NCc1cc(C)no1)N(C)CCc1cccs1. The zero-order valence-electron chi connectivity index (χ0n) is 12.1. The summed E-state index contributed by atoms with van der Waals surface area (Å²) in [7, 11) is 3.82. The molecule has 0 fully saturated rings. The lowest BCUT2D eigenvalue weighted by molar-refractivity contribution is 0.373. The fraction of sp³-hybridized carbons (Fsp3) is 0.429. The molecule has 108 valence electrons. The van der Waals surface area contributed by atoms with Crippen LogP contribution in [0.5, 0.6) is 0 Å². The van der Waals surface area contributed by atoms with Gasteiger partial charge in [0.15, 0.2) is 11.7 Å². The maximum atomic E-state index is 5.17. The van der Waals surface area contributed by atoms with Crippen molar-refractivity contribution in [1.82, 2.24) is 15.4 Å². The second-order valence-corrected chi connectivity index (χ2v) is 5.62. The van der Waals surface area contributed by atoms with E-state index in [4.69, 9.17) is 4.52 Å². The lowest BCUT2D eigenvalue weighted by Gasteiger charge is -2.21. The molecule has 0 spiro atoms. The molecule has 0 aliphatic rings. The predicted octanol–water partition coefficient (Wildman–Crippen LogP) is 2.29. The second-order valence-electron chi connectivity index (χ2n) is 4.59. The van der Waals surface area contributed by atoms with Crippen LogP contribution in [0.2, 0.25) is 0 Å². The zero-order chi connectivity index (χ0) is 14.4. The average molecular weight is 292 g/mol. The van der Waals surface area contributed by atoms with Crippen molar-refractivity contribution in [3.63, 3.8) is 0 Å². The van der Waals surface area contributed by atoms with Gasteiger partial charge in [-0.2, -0.15) is 0 Å². The Bertz CT molecular complexity index is 547. The lowest BCUT2D eigenvalue weighted by atomic mass is 10.3. The topological polar surface area (TPSA) is 53.7 Å². The predicted molar refractivity (Wildman–Crippen MR) is 82.1 cm³/mol. The molecular formula is C14H20N4OS. The summed E-state index contributed by atoms with van der Waals surface area (Å²) in [5, 5.41) is 9.25. The van der Waals surface area contributed by atoms with Gasteiger partial charge in [0.25, 0.3) is 0 Å². The van der Waals surface area contributed by atoms with Crippen molar-refractivity contribution in [3.8, 4) is 0 Å². The molecule has 2 heterocycles. The standard InChI is InChI=1S/C14H20N4OS/c1-11-9-12(19-17-11)10-16-14(15-2)18(3)7-6-13-5-4-8-20-13/h4-5,8-9H,6-7,10H2,1-3H3,(H,15,16). The minimum absolute atomic E-state index is 0.594. The van der Waals surface area contributed by atoms with Gasteiger partial charge < -0.3 is 14.7 Å². The van der Waals surface area contributed by atoms with E-state index in [0.717, 1.165) is 30.4 Å². The van der Waals surface area contributed by atoms with E-state index in [-0.39, 0.29) is 0 Å². The van der Waals surface area contributed by atoms with Gasteiger partial charge in [-0.1, -0.05) is 11.2 Å². The highest BCUT2D eigenvalue weighted by Crippen LogP contribution is 2.09. The van der Waals surface area contributed by atoms with Gasteiger partial charge in [-0.15, -0.1) is 11.3 Å². The number of nitrogens with one attached hydrogen (secondary N) is 1. The minimum atomic E-state index is 0.594. The van der Waals surface area contributed by atoms with Crippen LogP contribution in [0, 0.1) is 6.92 Å². The molecule has 0 amide bonds. The van der Waals surface area contributed by atoms with E-state index in [9.17, 15) is 0 Å². The normalized spacial score (nSPS) is 11.7. The van der Waals surface area contributed by atoms with Crippen LogP contribution in [-0.2, 0) is 13.0 Å². The highest BCUT2D eigenvalue weighted by atomic mass is 32.1. The first kappa shape index (κ1) is 14.6. The average Bonchev–Trinajstić information content (AvgIpc) is 3.08. The van der Waals surface area contributed by atoms with Crippen molar-refractivity contribution in [1.29, 1.82) is 0 Å². The third-order valence-electron chi connectivity index (χ3n) is 2.94. The fourth-order valence-corrected chi connectivity index (χ4v) is 2.59. The summed E-state index contributed by atoms with van der Waals surface area (Å²) in [6.07, 6.45) is 1.02. The number of hydrogen-bond acceptors (Lipinski definition) is 4. The van der Waals surface area contributed by atoms with Crippen molar-refractivity contribution in [2.24, 2.45) is 4.99 Å². The Kier molecular flexibility index (Phi) is 5.17. The summed E-state index contributed by atoms with van der Waals surface area (Å²) >= 11 is 1.79. The molecule has 0 aliphatic heterocycles. The van der Waals surface area contributed by atoms with Gasteiger partial charge >= 0.3 is 0 Å². The van der Waals surface area contributed by atoms with E-state index >= 15 is 0 Å². The molecule has 6 heteroatoms. The molecule has 5 nitrogen and oxygen atoms in total. The van der Waals surface area contributed by atoms with E-state index in [0.29, 0.717) is 6.54 Å². The van der Waals surface area contributed by atoms with E-state index in [1.165, 1.54) is 4.88 Å². The Hall–Kier alpha value is -1.82. The van der Waals surface area contributed by atoms with Gasteiger partial charge in [-0.25, -0.2) is 0 Å². The molecule has 2 rings (SSSR count). The third-order valence-corrected chi connectivity index (χ3v) is 3.88. The maximum absolute atomic E-state index is 5.17. The summed E-state index contributed by atoms with van der Waals surface area (Å²) in [4.78, 5) is 7.78. The van der Waals surface area contributed by atoms with Gasteiger partial charge in [0.2, 0.25) is 0 Å². The number of likely N-dealkylation sites (N-methyl/N-ethyl adjacent to an activating group) is 1. The molecule has 20 heavy (non-hydrogen) atoms. The first-order valence-corrected chi connectivity index (χ1v) is 7.43. The van der Waals surface area contributed by atoms with Crippen LogP contribution in [0.3, 0.4) is 0 Å². The van der Waals surface area contributed by atoms with Crippen LogP contribution in [0.25, 0.3) is 0 Å². The Morgan fingerprint density at radius 1 is 1.55 bits per heavy atom. The summed E-state index contributed by atoms with van der Waals surface area (Å²) in [5.74, 6) is 1.67. The molecule has 2 aromatic heterocycles. The van der Waals surface area contributed by atoms with Crippen LogP contribution >= 0.6 is 11.3 Å². The largest absolute Gasteiger partial charge is 0.359 e. The molecule has 0 aliphatic carbocycles. The molecule has 0 unspecified atom stereocenters. The lowest BCUT2D eigenvalue weighted by Crippen LogP contribution is -2.39. The Balaban J connectivity index is 1.81. The summed E-state index contributed by atoms with van der Waals surface area (Å²) < 4.78 is 5.17. The Morgan fingerprint density at radius 3 is 3.00 bits per heavy atom. The van der Waals surface area contributed by atoms with Crippen LogP contribution in [0.1, 0.15) is 16.3 Å². The number of aryl methyl sites for hydroxylation is 1. The minimum Gasteiger partial charge on any atom is -0.359 e. The number of rotatable bonds is 5. The van der Waals surface area contributed by atoms with Gasteiger partial charge in [0.05, 0.1) is 12.2 Å². The zero-order valence-corrected chi connectivity index (χ0v) is 12.9. The van der Waals surface area contributed by atoms with Crippen molar-refractivity contribution in [3.05, 3.63) is 39.9 Å². The molecule has 0 atom stereocenters. The van der Waals surface area contributed by atoms with Gasteiger partial charge in [0, 0.05) is 31.6 Å². The molecule has 2 aromatic rings. The molecule has 0 saturated carbocycles. The monoisotopic (exact) mass is 292 g/mol. The van der Waals surface area contributed by atoms with Gasteiger partial charge in [-0.05, 0) is 24.8 Å². The Morgan fingerprint density at radius 2 is 2.40 bits per heavy atom. The number of hydrogen-bond donors (Lipinski definition) is 1. The highest BCUT2D eigenvalue weighted by Gasteiger charge is 2.08. The smallest absolute Gasteiger partial charge is 0.193 e. The number of aliphatic imine (C=N–C) groups is 1. The molecule has 1 N–H and O–H groups in total. The van der Waals surface area contributed by atoms with Crippen molar-refractivity contribution in [2.75, 3.05) is 20.6 Å². The van der Waals surface area contributed by atoms with E-state index in [2.05, 4.69) is 37.9 Å². The summed E-state index contributed by atoms with van der Waals surface area (Å²) in [5.41, 5.74) is 0.892.